The van der Waals surface area contributed by atoms with Gasteiger partial charge in [-0.1, -0.05) is 23.2 Å². The lowest BCUT2D eigenvalue weighted by Crippen LogP contribution is -1.99. The summed E-state index contributed by atoms with van der Waals surface area (Å²) in [5.74, 6) is 1.04. The first-order valence-electron chi connectivity index (χ1n) is 5.72. The van der Waals surface area contributed by atoms with E-state index in [0.717, 1.165) is 5.56 Å². The zero-order chi connectivity index (χ0) is 14.1. The van der Waals surface area contributed by atoms with Crippen LogP contribution in [0.3, 0.4) is 0 Å². The van der Waals surface area contributed by atoms with Crippen molar-refractivity contribution in [1.82, 2.24) is 19.7 Å². The molecule has 0 aliphatic heterocycles. The normalized spacial score (nSPS) is 10.7. The second kappa shape index (κ2) is 5.11. The summed E-state index contributed by atoms with van der Waals surface area (Å²) in [5.41, 5.74) is 7.20. The number of aromatic nitrogens is 4. The Morgan fingerprint density at radius 2 is 1.80 bits per heavy atom. The minimum absolute atomic E-state index is 0.409. The highest BCUT2D eigenvalue weighted by Crippen LogP contribution is 2.22. The van der Waals surface area contributed by atoms with Crippen LogP contribution in [0.25, 0.3) is 17.2 Å². The maximum atomic E-state index is 6.09. The molecule has 100 valence electrons. The first kappa shape index (κ1) is 12.9. The summed E-state index contributed by atoms with van der Waals surface area (Å²) < 4.78 is 1.50. The van der Waals surface area contributed by atoms with Crippen molar-refractivity contribution in [2.24, 2.45) is 0 Å². The van der Waals surface area contributed by atoms with Crippen LogP contribution in [0.15, 0.2) is 42.9 Å². The van der Waals surface area contributed by atoms with Crippen molar-refractivity contribution >= 4 is 28.9 Å². The molecule has 0 saturated heterocycles. The van der Waals surface area contributed by atoms with Crippen LogP contribution in [0, 0.1) is 0 Å². The molecular weight excluding hydrogens is 297 g/mol. The molecular formula is C13H9Cl2N5. The Bertz CT molecular complexity index is 752. The third-order valence-electron chi connectivity index (χ3n) is 2.67. The summed E-state index contributed by atoms with van der Waals surface area (Å²) >= 11 is 11.9. The maximum absolute atomic E-state index is 6.09. The Labute approximate surface area is 125 Å². The number of anilines is 1. The van der Waals surface area contributed by atoms with Gasteiger partial charge in [-0.25, -0.2) is 14.6 Å². The van der Waals surface area contributed by atoms with Crippen molar-refractivity contribution in [3.63, 3.8) is 0 Å². The summed E-state index contributed by atoms with van der Waals surface area (Å²) in [4.78, 5) is 8.38. The van der Waals surface area contributed by atoms with Crippen LogP contribution in [-0.4, -0.2) is 19.7 Å². The number of rotatable bonds is 2. The lowest BCUT2D eigenvalue weighted by atomic mass is 10.2. The van der Waals surface area contributed by atoms with Crippen LogP contribution >= 0.6 is 23.2 Å². The molecule has 2 N–H and O–H groups in total. The third-order valence-corrected chi connectivity index (χ3v) is 3.15. The second-order valence-electron chi connectivity index (χ2n) is 4.09. The summed E-state index contributed by atoms with van der Waals surface area (Å²) in [6.07, 6.45) is 3.06. The number of hydrogen-bond acceptors (Lipinski definition) is 4. The average molecular weight is 306 g/mol. The molecule has 0 aliphatic carbocycles. The predicted octanol–water partition coefficient (Wildman–Crippen LogP) is 3.22. The smallest absolute Gasteiger partial charge is 0.181 e. The number of nitrogens with zero attached hydrogens (tertiary/aromatic N) is 4. The van der Waals surface area contributed by atoms with Gasteiger partial charge in [-0.3, -0.25) is 0 Å². The molecule has 0 bridgehead atoms. The highest BCUT2D eigenvalue weighted by molar-refractivity contribution is 6.35. The number of pyridine rings is 1. The lowest BCUT2D eigenvalue weighted by Gasteiger charge is -2.02. The predicted molar refractivity (Wildman–Crippen MR) is 79.0 cm³/mol. The standard InChI is InChI=1S/C13H9Cl2N5/c14-9-5-11(15)13(17-6-9)20-7-18-12(19-20)8-1-3-10(16)4-2-8/h1-7H,16H2. The fraction of sp³-hybridized carbons (Fsp3) is 0. The van der Waals surface area contributed by atoms with E-state index in [1.807, 2.05) is 12.1 Å². The van der Waals surface area contributed by atoms with E-state index in [9.17, 15) is 0 Å². The van der Waals surface area contributed by atoms with Crippen LogP contribution in [0.2, 0.25) is 10.0 Å². The van der Waals surface area contributed by atoms with Crippen molar-refractivity contribution in [1.29, 1.82) is 0 Å². The molecule has 0 aliphatic rings. The van der Waals surface area contributed by atoms with Crippen molar-refractivity contribution in [3.05, 3.63) is 52.9 Å². The molecule has 2 aromatic heterocycles. The van der Waals surface area contributed by atoms with E-state index in [1.165, 1.54) is 10.9 Å². The van der Waals surface area contributed by atoms with Gasteiger partial charge < -0.3 is 5.73 Å². The number of nitrogens with two attached hydrogens (primary N) is 1. The van der Waals surface area contributed by atoms with E-state index in [2.05, 4.69) is 15.1 Å². The molecule has 0 atom stereocenters. The van der Waals surface area contributed by atoms with Gasteiger partial charge in [0.05, 0.1) is 10.0 Å². The fourth-order valence-corrected chi connectivity index (χ4v) is 2.17. The van der Waals surface area contributed by atoms with Gasteiger partial charge in [0.15, 0.2) is 11.6 Å². The Morgan fingerprint density at radius 1 is 1.05 bits per heavy atom. The largest absolute Gasteiger partial charge is 0.399 e. The lowest BCUT2D eigenvalue weighted by molar-refractivity contribution is 0.848. The van der Waals surface area contributed by atoms with Gasteiger partial charge >= 0.3 is 0 Å². The molecule has 0 radical (unpaired) electrons. The minimum atomic E-state index is 0.409. The van der Waals surface area contributed by atoms with Gasteiger partial charge in [-0.15, -0.1) is 5.10 Å². The molecule has 3 aromatic rings. The first-order valence-corrected chi connectivity index (χ1v) is 6.48. The van der Waals surface area contributed by atoms with Crippen LogP contribution in [0.4, 0.5) is 5.69 Å². The highest BCUT2D eigenvalue weighted by Gasteiger charge is 2.09. The van der Waals surface area contributed by atoms with Gasteiger partial charge in [0.25, 0.3) is 0 Å². The van der Waals surface area contributed by atoms with Crippen molar-refractivity contribution < 1.29 is 0 Å². The zero-order valence-corrected chi connectivity index (χ0v) is 11.7. The van der Waals surface area contributed by atoms with Crippen molar-refractivity contribution in [3.8, 4) is 17.2 Å². The van der Waals surface area contributed by atoms with Gasteiger partial charge in [-0.05, 0) is 30.3 Å². The quantitative estimate of drug-likeness (QED) is 0.738. The summed E-state index contributed by atoms with van der Waals surface area (Å²) in [6.45, 7) is 0. The second-order valence-corrected chi connectivity index (χ2v) is 4.94. The fourth-order valence-electron chi connectivity index (χ4n) is 1.71. The number of hydrogen-bond donors (Lipinski definition) is 1. The van der Waals surface area contributed by atoms with Crippen LogP contribution < -0.4 is 5.73 Å². The van der Waals surface area contributed by atoms with Gasteiger partial charge in [-0.2, -0.15) is 0 Å². The van der Waals surface area contributed by atoms with Crippen LogP contribution in [-0.2, 0) is 0 Å². The average Bonchev–Trinajstić information content (AvgIpc) is 2.89. The summed E-state index contributed by atoms with van der Waals surface area (Å²) in [7, 11) is 0. The number of benzene rings is 1. The van der Waals surface area contributed by atoms with Gasteiger partial charge in [0.1, 0.15) is 6.33 Å². The molecule has 0 amide bonds. The molecule has 0 unspecified atom stereocenters. The van der Waals surface area contributed by atoms with E-state index in [4.69, 9.17) is 28.9 Å². The molecule has 0 spiro atoms. The Morgan fingerprint density at radius 3 is 2.50 bits per heavy atom. The summed E-state index contributed by atoms with van der Waals surface area (Å²) in [6, 6.07) is 8.90. The summed E-state index contributed by atoms with van der Waals surface area (Å²) in [5, 5.41) is 5.22. The molecule has 0 saturated carbocycles. The molecule has 3 rings (SSSR count). The van der Waals surface area contributed by atoms with E-state index >= 15 is 0 Å². The first-order chi connectivity index (χ1) is 9.63. The topological polar surface area (TPSA) is 69.6 Å². The molecule has 7 heteroatoms. The van der Waals surface area contributed by atoms with Crippen molar-refractivity contribution in [2.75, 3.05) is 5.73 Å². The Hall–Kier alpha value is -2.11. The van der Waals surface area contributed by atoms with Gasteiger partial charge in [0, 0.05) is 17.4 Å². The van der Waals surface area contributed by atoms with Crippen LogP contribution in [0.5, 0.6) is 0 Å². The monoisotopic (exact) mass is 305 g/mol. The van der Waals surface area contributed by atoms with Crippen LogP contribution in [0.1, 0.15) is 0 Å². The number of nitrogen functional groups attached to an aromatic ring is 1. The van der Waals surface area contributed by atoms with E-state index in [1.54, 1.807) is 24.5 Å². The number of halogens is 2. The molecule has 5 nitrogen and oxygen atoms in total. The highest BCUT2D eigenvalue weighted by atomic mass is 35.5. The van der Waals surface area contributed by atoms with E-state index < -0.39 is 0 Å². The van der Waals surface area contributed by atoms with Crippen molar-refractivity contribution in [2.45, 2.75) is 0 Å². The Kier molecular flexibility index (Phi) is 3.30. The maximum Gasteiger partial charge on any atom is 0.181 e. The molecule has 2 heterocycles. The van der Waals surface area contributed by atoms with E-state index in [0.29, 0.717) is 27.4 Å². The molecule has 1 aromatic carbocycles. The Balaban J connectivity index is 1.99. The third kappa shape index (κ3) is 2.45. The zero-order valence-electron chi connectivity index (χ0n) is 10.2. The SMILES string of the molecule is Nc1ccc(-c2ncn(-c3ncc(Cl)cc3Cl)n2)cc1. The molecule has 20 heavy (non-hydrogen) atoms. The van der Waals surface area contributed by atoms with Gasteiger partial charge in [0.2, 0.25) is 0 Å². The van der Waals surface area contributed by atoms with E-state index in [-0.39, 0.29) is 0 Å². The minimum Gasteiger partial charge on any atom is -0.399 e. The molecule has 0 fully saturated rings.